The number of rotatable bonds is 4. The summed E-state index contributed by atoms with van der Waals surface area (Å²) < 4.78 is 0. The zero-order valence-corrected chi connectivity index (χ0v) is 11.4. The van der Waals surface area contributed by atoms with Gasteiger partial charge in [-0.05, 0) is 13.3 Å². The Labute approximate surface area is 110 Å². The molecular weight excluding hydrogens is 250 g/mol. The molecule has 2 atom stereocenters. The molecule has 0 aromatic carbocycles. The van der Waals surface area contributed by atoms with Gasteiger partial charge in [0.05, 0.1) is 17.7 Å². The molecule has 5 nitrogen and oxygen atoms in total. The number of thiazole rings is 1. The molecule has 1 aliphatic heterocycles. The third kappa shape index (κ3) is 2.53. The van der Waals surface area contributed by atoms with Crippen molar-refractivity contribution in [2.75, 3.05) is 0 Å². The van der Waals surface area contributed by atoms with Crippen molar-refractivity contribution in [3.05, 3.63) is 16.6 Å². The zero-order valence-electron chi connectivity index (χ0n) is 10.5. The Hall–Kier alpha value is -1.43. The van der Waals surface area contributed by atoms with Gasteiger partial charge in [0, 0.05) is 5.38 Å². The average molecular weight is 267 g/mol. The molecule has 1 N–H and O–H groups in total. The molecule has 18 heavy (non-hydrogen) atoms. The summed E-state index contributed by atoms with van der Waals surface area (Å²) in [5.74, 6) is -0.0831. The van der Waals surface area contributed by atoms with Crippen molar-refractivity contribution in [3.63, 3.8) is 0 Å². The summed E-state index contributed by atoms with van der Waals surface area (Å²) in [7, 11) is 0. The third-order valence-corrected chi connectivity index (χ3v) is 3.77. The highest BCUT2D eigenvalue weighted by Gasteiger charge is 2.37. The summed E-state index contributed by atoms with van der Waals surface area (Å²) in [6.45, 7) is 4.17. The fourth-order valence-electron chi connectivity index (χ4n) is 2.08. The lowest BCUT2D eigenvalue weighted by molar-refractivity contribution is -0.149. The lowest BCUT2D eigenvalue weighted by Gasteiger charge is -2.37. The van der Waals surface area contributed by atoms with Crippen molar-refractivity contribution < 1.29 is 9.59 Å². The van der Waals surface area contributed by atoms with Crippen LogP contribution < -0.4 is 5.32 Å². The number of amides is 2. The van der Waals surface area contributed by atoms with Gasteiger partial charge in [0.25, 0.3) is 0 Å². The molecule has 1 aromatic heterocycles. The van der Waals surface area contributed by atoms with Crippen LogP contribution in [-0.2, 0) is 16.1 Å². The minimum absolute atomic E-state index is 0.00282. The molecule has 2 amide bonds. The molecule has 1 aromatic rings. The van der Waals surface area contributed by atoms with E-state index >= 15 is 0 Å². The number of carbonyl (C=O) groups is 2. The Balaban J connectivity index is 2.14. The summed E-state index contributed by atoms with van der Waals surface area (Å²) in [6, 6.07) is -0.801. The number of hydrogen-bond donors (Lipinski definition) is 1. The SMILES string of the molecule is CCCC1NC(=O)C(C)N(Cc2cscn2)C1=O. The molecule has 1 fully saturated rings. The molecule has 1 aliphatic rings. The van der Waals surface area contributed by atoms with Crippen molar-refractivity contribution >= 4 is 23.2 Å². The first kappa shape index (κ1) is 13.0. The van der Waals surface area contributed by atoms with Crippen molar-refractivity contribution in [2.24, 2.45) is 0 Å². The van der Waals surface area contributed by atoms with Crippen molar-refractivity contribution in [2.45, 2.75) is 45.3 Å². The molecule has 0 spiro atoms. The van der Waals surface area contributed by atoms with Crippen molar-refractivity contribution in [3.8, 4) is 0 Å². The van der Waals surface area contributed by atoms with Gasteiger partial charge in [-0.15, -0.1) is 11.3 Å². The highest BCUT2D eigenvalue weighted by Crippen LogP contribution is 2.16. The van der Waals surface area contributed by atoms with Gasteiger partial charge in [0.2, 0.25) is 11.8 Å². The van der Waals surface area contributed by atoms with E-state index in [-0.39, 0.29) is 17.9 Å². The molecule has 2 heterocycles. The van der Waals surface area contributed by atoms with Crippen LogP contribution in [-0.4, -0.2) is 33.8 Å². The van der Waals surface area contributed by atoms with E-state index in [1.165, 1.54) is 11.3 Å². The largest absolute Gasteiger partial charge is 0.343 e. The number of hydrogen-bond acceptors (Lipinski definition) is 4. The van der Waals surface area contributed by atoms with E-state index in [0.29, 0.717) is 13.0 Å². The van der Waals surface area contributed by atoms with Crippen molar-refractivity contribution in [1.29, 1.82) is 0 Å². The Morgan fingerprint density at radius 2 is 2.28 bits per heavy atom. The van der Waals surface area contributed by atoms with E-state index in [4.69, 9.17) is 0 Å². The van der Waals surface area contributed by atoms with E-state index in [0.717, 1.165) is 12.1 Å². The molecule has 1 saturated heterocycles. The maximum absolute atomic E-state index is 12.3. The normalized spacial score (nSPS) is 24.2. The monoisotopic (exact) mass is 267 g/mol. The highest BCUT2D eigenvalue weighted by atomic mass is 32.1. The van der Waals surface area contributed by atoms with Gasteiger partial charge in [0.1, 0.15) is 12.1 Å². The van der Waals surface area contributed by atoms with E-state index in [2.05, 4.69) is 10.3 Å². The van der Waals surface area contributed by atoms with Gasteiger partial charge in [-0.2, -0.15) is 0 Å². The second-order valence-corrected chi connectivity index (χ2v) is 5.19. The summed E-state index contributed by atoms with van der Waals surface area (Å²) in [5, 5.41) is 4.68. The van der Waals surface area contributed by atoms with Gasteiger partial charge >= 0.3 is 0 Å². The summed E-state index contributed by atoms with van der Waals surface area (Å²) in [6.07, 6.45) is 1.56. The van der Waals surface area contributed by atoms with Crippen LogP contribution in [0.2, 0.25) is 0 Å². The highest BCUT2D eigenvalue weighted by molar-refractivity contribution is 7.07. The lowest BCUT2D eigenvalue weighted by Crippen LogP contribution is -2.61. The Morgan fingerprint density at radius 1 is 1.50 bits per heavy atom. The quantitative estimate of drug-likeness (QED) is 0.890. The van der Waals surface area contributed by atoms with Crippen LogP contribution in [0.1, 0.15) is 32.4 Å². The van der Waals surface area contributed by atoms with Gasteiger partial charge in [-0.3, -0.25) is 9.59 Å². The maximum Gasteiger partial charge on any atom is 0.246 e. The fourth-order valence-corrected chi connectivity index (χ4v) is 2.63. The minimum Gasteiger partial charge on any atom is -0.343 e. The lowest BCUT2D eigenvalue weighted by atomic mass is 10.0. The van der Waals surface area contributed by atoms with Gasteiger partial charge in [-0.1, -0.05) is 13.3 Å². The van der Waals surface area contributed by atoms with Crippen LogP contribution in [0.3, 0.4) is 0 Å². The van der Waals surface area contributed by atoms with E-state index in [1.54, 1.807) is 17.3 Å². The number of nitrogens with one attached hydrogen (secondary N) is 1. The standard InChI is InChI=1S/C12H17N3O2S/c1-3-4-10-12(17)15(8(2)11(16)14-10)5-9-6-18-7-13-9/h6-8,10H,3-5H2,1-2H3,(H,14,16). The summed E-state index contributed by atoms with van der Waals surface area (Å²) in [4.78, 5) is 29.9. The van der Waals surface area contributed by atoms with Crippen LogP contribution in [0.25, 0.3) is 0 Å². The molecule has 2 rings (SSSR count). The maximum atomic E-state index is 12.3. The Kier molecular flexibility index (Phi) is 3.96. The van der Waals surface area contributed by atoms with Gasteiger partial charge in [0.15, 0.2) is 0 Å². The molecule has 98 valence electrons. The molecule has 0 bridgehead atoms. The minimum atomic E-state index is -0.424. The van der Waals surface area contributed by atoms with E-state index in [9.17, 15) is 9.59 Å². The fraction of sp³-hybridized carbons (Fsp3) is 0.583. The topological polar surface area (TPSA) is 62.3 Å². The zero-order chi connectivity index (χ0) is 13.1. The van der Waals surface area contributed by atoms with Gasteiger partial charge < -0.3 is 10.2 Å². The van der Waals surface area contributed by atoms with Crippen LogP contribution >= 0.6 is 11.3 Å². The summed E-state index contributed by atoms with van der Waals surface area (Å²) >= 11 is 1.49. The Bertz CT molecular complexity index is 433. The predicted octanol–water partition coefficient (Wildman–Crippen LogP) is 1.16. The number of carbonyl (C=O) groups excluding carboxylic acids is 2. The first-order valence-electron chi connectivity index (χ1n) is 6.11. The number of piperazine rings is 1. The second-order valence-electron chi connectivity index (χ2n) is 4.47. The van der Waals surface area contributed by atoms with Crippen LogP contribution in [0.15, 0.2) is 10.9 Å². The van der Waals surface area contributed by atoms with Crippen LogP contribution in [0, 0.1) is 0 Å². The number of nitrogens with zero attached hydrogens (tertiary/aromatic N) is 2. The van der Waals surface area contributed by atoms with Gasteiger partial charge in [-0.25, -0.2) is 4.98 Å². The average Bonchev–Trinajstić information content (AvgIpc) is 2.85. The summed E-state index contributed by atoms with van der Waals surface area (Å²) in [5.41, 5.74) is 2.57. The number of aromatic nitrogens is 1. The molecular formula is C12H17N3O2S. The van der Waals surface area contributed by atoms with Crippen molar-refractivity contribution in [1.82, 2.24) is 15.2 Å². The van der Waals surface area contributed by atoms with E-state index in [1.807, 2.05) is 12.3 Å². The molecule has 6 heteroatoms. The third-order valence-electron chi connectivity index (χ3n) is 3.14. The molecule has 0 radical (unpaired) electrons. The van der Waals surface area contributed by atoms with Crippen LogP contribution in [0.4, 0.5) is 0 Å². The molecule has 2 unspecified atom stereocenters. The Morgan fingerprint density at radius 3 is 2.89 bits per heavy atom. The smallest absolute Gasteiger partial charge is 0.246 e. The van der Waals surface area contributed by atoms with E-state index < -0.39 is 6.04 Å². The van der Waals surface area contributed by atoms with Crippen LogP contribution in [0.5, 0.6) is 0 Å². The predicted molar refractivity (Wildman–Crippen MR) is 69.0 cm³/mol. The molecule has 0 aliphatic carbocycles. The first-order valence-corrected chi connectivity index (χ1v) is 7.05. The second kappa shape index (κ2) is 5.48. The first-order chi connectivity index (χ1) is 8.63. The molecule has 0 saturated carbocycles.